The summed E-state index contributed by atoms with van der Waals surface area (Å²) in [6.07, 6.45) is 3.19. The van der Waals surface area contributed by atoms with Crippen molar-refractivity contribution in [3.05, 3.63) is 69.9 Å². The number of fused-ring (bicyclic) bond motifs is 1. The Morgan fingerprint density at radius 1 is 1.09 bits per heavy atom. The number of benzene rings is 1. The summed E-state index contributed by atoms with van der Waals surface area (Å²) in [6, 6.07) is 8.73. The maximum atomic E-state index is 12.7. The Bertz CT molecular complexity index is 1400. The lowest BCUT2D eigenvalue weighted by Gasteiger charge is -2.10. The molecule has 0 fully saturated rings. The Labute approximate surface area is 203 Å². The van der Waals surface area contributed by atoms with Crippen LogP contribution in [-0.4, -0.2) is 45.7 Å². The smallest absolute Gasteiger partial charge is 0.344 e. The van der Waals surface area contributed by atoms with E-state index in [0.29, 0.717) is 27.5 Å². The van der Waals surface area contributed by atoms with Crippen LogP contribution in [0.3, 0.4) is 0 Å². The van der Waals surface area contributed by atoms with Crippen LogP contribution in [0.1, 0.15) is 33.3 Å². The van der Waals surface area contributed by atoms with Crippen LogP contribution in [-0.2, 0) is 14.3 Å². The first-order chi connectivity index (χ1) is 16.4. The number of aryl methyl sites for hydroxylation is 1. The summed E-state index contributed by atoms with van der Waals surface area (Å²) in [5.41, 5.74) is 2.29. The van der Waals surface area contributed by atoms with E-state index in [-0.39, 0.29) is 22.7 Å². The van der Waals surface area contributed by atoms with Crippen molar-refractivity contribution in [2.24, 2.45) is 0 Å². The molecule has 0 bridgehead atoms. The molecule has 4 rings (SSSR count). The third-order valence-corrected chi connectivity index (χ3v) is 6.02. The summed E-state index contributed by atoms with van der Waals surface area (Å²) in [6.45, 7) is 2.94. The van der Waals surface area contributed by atoms with Gasteiger partial charge < -0.3 is 14.8 Å². The van der Waals surface area contributed by atoms with Gasteiger partial charge in [-0.05, 0) is 26.0 Å². The number of hydrogen-bond acceptors (Lipinski definition) is 8. The van der Waals surface area contributed by atoms with Crippen LogP contribution in [0.25, 0.3) is 16.8 Å². The zero-order valence-electron chi connectivity index (χ0n) is 18.2. The second kappa shape index (κ2) is 10.0. The van der Waals surface area contributed by atoms with Gasteiger partial charge in [-0.15, -0.1) is 11.3 Å². The number of ether oxygens (including phenoxy) is 2. The van der Waals surface area contributed by atoms with Gasteiger partial charge in [0.1, 0.15) is 16.1 Å². The van der Waals surface area contributed by atoms with E-state index >= 15 is 0 Å². The first kappa shape index (κ1) is 23.4. The second-order valence-corrected chi connectivity index (χ2v) is 8.31. The Kier molecular flexibility index (Phi) is 6.90. The highest BCUT2D eigenvalue weighted by molar-refractivity contribution is 7.15. The Morgan fingerprint density at radius 2 is 1.85 bits per heavy atom. The molecule has 0 atom stereocenters. The lowest BCUT2D eigenvalue weighted by Crippen LogP contribution is -2.22. The van der Waals surface area contributed by atoms with Crippen molar-refractivity contribution >= 4 is 51.4 Å². The minimum Gasteiger partial charge on any atom is -0.462 e. The molecular formula is C23H19ClN4O5S. The first-order valence-corrected chi connectivity index (χ1v) is 11.5. The van der Waals surface area contributed by atoms with E-state index in [1.165, 1.54) is 10.7 Å². The number of carbonyl (C=O) groups is 3. The Hall–Kier alpha value is -3.76. The van der Waals surface area contributed by atoms with Crippen LogP contribution < -0.4 is 5.32 Å². The van der Waals surface area contributed by atoms with Crippen molar-refractivity contribution in [3.8, 4) is 11.1 Å². The van der Waals surface area contributed by atoms with Crippen LogP contribution in [0.15, 0.2) is 48.1 Å². The van der Waals surface area contributed by atoms with Crippen LogP contribution in [0.4, 0.5) is 5.00 Å². The van der Waals surface area contributed by atoms with E-state index < -0.39 is 24.5 Å². The van der Waals surface area contributed by atoms with Crippen LogP contribution in [0, 0.1) is 6.92 Å². The number of halogens is 1. The highest BCUT2D eigenvalue weighted by Gasteiger charge is 2.25. The summed E-state index contributed by atoms with van der Waals surface area (Å²) < 4.78 is 11.8. The largest absolute Gasteiger partial charge is 0.462 e. The highest BCUT2D eigenvalue weighted by atomic mass is 35.5. The topological polar surface area (TPSA) is 112 Å². The van der Waals surface area contributed by atoms with Crippen LogP contribution >= 0.6 is 22.9 Å². The molecule has 0 aliphatic heterocycles. The predicted molar refractivity (Wildman–Crippen MR) is 127 cm³/mol. The monoisotopic (exact) mass is 498 g/mol. The molecule has 3 heterocycles. The number of hydrogen-bond donors (Lipinski definition) is 1. The van der Waals surface area contributed by atoms with Gasteiger partial charge in [0.2, 0.25) is 0 Å². The van der Waals surface area contributed by atoms with Crippen molar-refractivity contribution in [1.29, 1.82) is 0 Å². The average Bonchev–Trinajstić information content (AvgIpc) is 3.38. The van der Waals surface area contributed by atoms with E-state index in [1.807, 2.05) is 0 Å². The normalized spacial score (nSPS) is 10.8. The SMILES string of the molecule is CCOC(=O)c1c(-c2ccccc2Cl)csc1NC(=O)COC(=O)c1c(C)nn2cccnc12. The maximum Gasteiger partial charge on any atom is 0.344 e. The van der Waals surface area contributed by atoms with E-state index in [0.717, 1.165) is 11.3 Å². The number of thiophene rings is 1. The van der Waals surface area contributed by atoms with Crippen molar-refractivity contribution in [1.82, 2.24) is 14.6 Å². The van der Waals surface area contributed by atoms with Gasteiger partial charge in [-0.1, -0.05) is 29.8 Å². The fraction of sp³-hybridized carbons (Fsp3) is 0.174. The van der Waals surface area contributed by atoms with E-state index in [9.17, 15) is 14.4 Å². The Morgan fingerprint density at radius 3 is 2.62 bits per heavy atom. The maximum absolute atomic E-state index is 12.7. The molecule has 0 saturated heterocycles. The summed E-state index contributed by atoms with van der Waals surface area (Å²) in [5.74, 6) is -1.94. The van der Waals surface area contributed by atoms with Gasteiger partial charge in [-0.3, -0.25) is 4.79 Å². The molecule has 1 N–H and O–H groups in total. The fourth-order valence-electron chi connectivity index (χ4n) is 3.34. The molecule has 1 aromatic carbocycles. The van der Waals surface area contributed by atoms with E-state index in [2.05, 4.69) is 15.4 Å². The molecule has 9 nitrogen and oxygen atoms in total. The zero-order valence-corrected chi connectivity index (χ0v) is 19.8. The number of aromatic nitrogens is 3. The van der Waals surface area contributed by atoms with Gasteiger partial charge in [-0.25, -0.2) is 19.1 Å². The molecule has 174 valence electrons. The van der Waals surface area contributed by atoms with Crippen molar-refractivity contribution < 1.29 is 23.9 Å². The minimum atomic E-state index is -0.727. The quantitative estimate of drug-likeness (QED) is 0.376. The van der Waals surface area contributed by atoms with Crippen molar-refractivity contribution in [3.63, 3.8) is 0 Å². The average molecular weight is 499 g/mol. The van der Waals surface area contributed by atoms with Crippen LogP contribution in [0.2, 0.25) is 5.02 Å². The summed E-state index contributed by atoms with van der Waals surface area (Å²) in [4.78, 5) is 42.0. The predicted octanol–water partition coefficient (Wildman–Crippen LogP) is 4.39. The molecular weight excluding hydrogens is 480 g/mol. The lowest BCUT2D eigenvalue weighted by molar-refractivity contribution is -0.119. The summed E-state index contributed by atoms with van der Waals surface area (Å²) in [5, 5.41) is 9.27. The summed E-state index contributed by atoms with van der Waals surface area (Å²) in [7, 11) is 0. The number of esters is 2. The molecule has 4 aromatic rings. The molecule has 34 heavy (non-hydrogen) atoms. The number of anilines is 1. The molecule has 11 heteroatoms. The molecule has 0 saturated carbocycles. The van der Waals surface area contributed by atoms with Gasteiger partial charge in [0, 0.05) is 33.9 Å². The van der Waals surface area contributed by atoms with E-state index in [4.69, 9.17) is 21.1 Å². The van der Waals surface area contributed by atoms with Crippen molar-refractivity contribution in [2.45, 2.75) is 13.8 Å². The number of amides is 1. The molecule has 1 amide bonds. The molecule has 0 unspecified atom stereocenters. The highest BCUT2D eigenvalue weighted by Crippen LogP contribution is 2.39. The number of nitrogens with one attached hydrogen (secondary N) is 1. The van der Waals surface area contributed by atoms with Gasteiger partial charge in [0.05, 0.1) is 12.3 Å². The number of carbonyl (C=O) groups excluding carboxylic acids is 3. The standard InChI is InChI=1S/C23H19ClN4O5S/c1-3-32-23(31)19-15(14-7-4-5-8-16(14)24)12-34-21(19)26-17(29)11-33-22(30)18-13(2)27-28-10-6-9-25-20(18)28/h4-10,12H,3,11H2,1-2H3,(H,26,29). The third kappa shape index (κ3) is 4.63. The second-order valence-electron chi connectivity index (χ2n) is 7.03. The molecule has 0 radical (unpaired) electrons. The van der Waals surface area contributed by atoms with E-state index in [1.54, 1.807) is 55.8 Å². The first-order valence-electron chi connectivity index (χ1n) is 10.2. The fourth-order valence-corrected chi connectivity index (χ4v) is 4.54. The number of nitrogens with zero attached hydrogens (tertiary/aromatic N) is 3. The third-order valence-electron chi connectivity index (χ3n) is 4.80. The minimum absolute atomic E-state index is 0.161. The van der Waals surface area contributed by atoms with Crippen molar-refractivity contribution in [2.75, 3.05) is 18.5 Å². The Balaban J connectivity index is 1.52. The van der Waals surface area contributed by atoms with Gasteiger partial charge in [0.15, 0.2) is 12.3 Å². The molecule has 3 aromatic heterocycles. The van der Waals surface area contributed by atoms with Gasteiger partial charge in [-0.2, -0.15) is 5.10 Å². The van der Waals surface area contributed by atoms with Gasteiger partial charge >= 0.3 is 11.9 Å². The van der Waals surface area contributed by atoms with Crippen LogP contribution in [0.5, 0.6) is 0 Å². The number of rotatable bonds is 7. The zero-order chi connectivity index (χ0) is 24.2. The summed E-state index contributed by atoms with van der Waals surface area (Å²) >= 11 is 7.45. The van der Waals surface area contributed by atoms with Gasteiger partial charge in [0.25, 0.3) is 5.91 Å². The molecule has 0 spiro atoms. The lowest BCUT2D eigenvalue weighted by atomic mass is 10.0. The molecule has 0 aliphatic rings. The molecule has 0 aliphatic carbocycles.